The molecule has 0 aliphatic heterocycles. The molecule has 0 radical (unpaired) electrons. The minimum atomic E-state index is -0.726. The van der Waals surface area contributed by atoms with Gasteiger partial charge in [-0.05, 0) is 29.8 Å². The van der Waals surface area contributed by atoms with Crippen molar-refractivity contribution >= 4 is 17.4 Å². The van der Waals surface area contributed by atoms with Crippen LogP contribution in [-0.2, 0) is 7.05 Å². The molecule has 4 nitrogen and oxygen atoms in total. The predicted octanol–water partition coefficient (Wildman–Crippen LogP) is 3.86. The van der Waals surface area contributed by atoms with Gasteiger partial charge in [-0.15, -0.1) is 0 Å². The highest BCUT2D eigenvalue weighted by molar-refractivity contribution is 6.31. The molecular weight excluding hydrogens is 300 g/mol. The van der Waals surface area contributed by atoms with E-state index in [1.54, 1.807) is 13.1 Å². The Bertz CT molecular complexity index is 826. The lowest BCUT2D eigenvalue weighted by Gasteiger charge is -2.05. The topological polar surface area (TPSA) is 57.0 Å². The number of hydrogen-bond donors (Lipinski definition) is 1. The molecule has 3 rings (SSSR count). The summed E-state index contributed by atoms with van der Waals surface area (Å²) in [5.41, 5.74) is 7.32. The lowest BCUT2D eigenvalue weighted by Crippen LogP contribution is -1.98. The second kappa shape index (κ2) is 4.89. The van der Waals surface area contributed by atoms with E-state index in [4.69, 9.17) is 21.8 Å². The first kappa shape index (κ1) is 13.6. The van der Waals surface area contributed by atoms with Crippen LogP contribution in [0.4, 0.5) is 14.6 Å². The van der Waals surface area contributed by atoms with E-state index in [-0.39, 0.29) is 16.6 Å². The maximum absolute atomic E-state index is 14.1. The van der Waals surface area contributed by atoms with E-state index in [2.05, 4.69) is 5.10 Å². The summed E-state index contributed by atoms with van der Waals surface area (Å²) in [6, 6.07) is 4.87. The van der Waals surface area contributed by atoms with E-state index in [9.17, 15) is 8.78 Å². The molecular formula is C14H10ClF2N3O. The Balaban J connectivity index is 2.30. The van der Waals surface area contributed by atoms with Gasteiger partial charge in [0.25, 0.3) is 0 Å². The van der Waals surface area contributed by atoms with Gasteiger partial charge in [-0.3, -0.25) is 4.68 Å². The van der Waals surface area contributed by atoms with Gasteiger partial charge in [-0.2, -0.15) is 5.10 Å². The Morgan fingerprint density at radius 2 is 2.00 bits per heavy atom. The Kier molecular flexibility index (Phi) is 3.17. The molecule has 0 aliphatic rings. The monoisotopic (exact) mass is 309 g/mol. The van der Waals surface area contributed by atoms with Gasteiger partial charge in [-0.25, -0.2) is 8.78 Å². The van der Waals surface area contributed by atoms with Crippen LogP contribution in [0.2, 0.25) is 5.22 Å². The zero-order chi connectivity index (χ0) is 15.1. The normalized spacial score (nSPS) is 11.0. The predicted molar refractivity (Wildman–Crippen MR) is 75.7 cm³/mol. The van der Waals surface area contributed by atoms with E-state index in [0.717, 1.165) is 12.1 Å². The van der Waals surface area contributed by atoms with E-state index in [1.165, 1.54) is 17.0 Å². The number of nitrogens with two attached hydrogens (primary N) is 1. The van der Waals surface area contributed by atoms with E-state index in [0.29, 0.717) is 16.8 Å². The number of furan rings is 1. The molecule has 2 aromatic heterocycles. The number of rotatable bonds is 2. The van der Waals surface area contributed by atoms with E-state index in [1.807, 2.05) is 0 Å². The highest BCUT2D eigenvalue weighted by Gasteiger charge is 2.23. The van der Waals surface area contributed by atoms with Crippen LogP contribution < -0.4 is 5.73 Å². The molecule has 0 unspecified atom stereocenters. The summed E-state index contributed by atoms with van der Waals surface area (Å²) in [7, 11) is 1.62. The van der Waals surface area contributed by atoms with Crippen LogP contribution in [0.5, 0.6) is 0 Å². The Hall–Kier alpha value is -2.34. The van der Waals surface area contributed by atoms with E-state index >= 15 is 0 Å². The number of halogens is 3. The quantitative estimate of drug-likeness (QED) is 0.782. The number of hydrogen-bond acceptors (Lipinski definition) is 3. The van der Waals surface area contributed by atoms with Gasteiger partial charge in [-0.1, -0.05) is 0 Å². The summed E-state index contributed by atoms with van der Waals surface area (Å²) in [6.07, 6.45) is 1.40. The van der Waals surface area contributed by atoms with Gasteiger partial charge >= 0.3 is 0 Å². The Labute approximate surface area is 123 Å². The smallest absolute Gasteiger partial charge is 0.202 e. The van der Waals surface area contributed by atoms with Gasteiger partial charge in [0.15, 0.2) is 0 Å². The number of benzene rings is 1. The number of anilines is 1. The van der Waals surface area contributed by atoms with Gasteiger partial charge in [0.1, 0.15) is 23.1 Å². The van der Waals surface area contributed by atoms with Crippen molar-refractivity contribution in [3.05, 3.63) is 47.4 Å². The van der Waals surface area contributed by atoms with Gasteiger partial charge in [0.05, 0.1) is 17.4 Å². The minimum absolute atomic E-state index is 0.122. The summed E-state index contributed by atoms with van der Waals surface area (Å²) in [6.45, 7) is 0. The number of aryl methyl sites for hydroxylation is 1. The van der Waals surface area contributed by atoms with Crippen molar-refractivity contribution < 1.29 is 13.2 Å². The molecule has 7 heteroatoms. The third-order valence-corrected chi connectivity index (χ3v) is 3.46. The molecule has 108 valence electrons. The minimum Gasteiger partial charge on any atom is -0.452 e. The average Bonchev–Trinajstić information content (AvgIpc) is 2.96. The van der Waals surface area contributed by atoms with Crippen molar-refractivity contribution in [1.82, 2.24) is 9.78 Å². The highest BCUT2D eigenvalue weighted by atomic mass is 35.5. The van der Waals surface area contributed by atoms with Crippen molar-refractivity contribution in [3.8, 4) is 22.4 Å². The lowest BCUT2D eigenvalue weighted by molar-refractivity contribution is 0.570. The maximum atomic E-state index is 14.1. The molecule has 0 saturated heterocycles. The second-order valence-corrected chi connectivity index (χ2v) is 4.81. The second-order valence-electron chi connectivity index (χ2n) is 4.46. The zero-order valence-electron chi connectivity index (χ0n) is 10.9. The van der Waals surface area contributed by atoms with Crippen LogP contribution in [0.3, 0.4) is 0 Å². The fraction of sp³-hybridized carbons (Fsp3) is 0.0714. The van der Waals surface area contributed by atoms with Crippen molar-refractivity contribution in [2.24, 2.45) is 7.05 Å². The van der Waals surface area contributed by atoms with Gasteiger partial charge in [0.2, 0.25) is 5.22 Å². The van der Waals surface area contributed by atoms with Crippen molar-refractivity contribution in [2.45, 2.75) is 0 Å². The van der Waals surface area contributed by atoms with Gasteiger partial charge < -0.3 is 10.2 Å². The molecule has 0 aliphatic carbocycles. The number of nitrogen functional groups attached to an aromatic ring is 1. The first-order chi connectivity index (χ1) is 9.99. The summed E-state index contributed by atoms with van der Waals surface area (Å²) in [5, 5.41) is 4.36. The largest absolute Gasteiger partial charge is 0.452 e. The molecule has 0 saturated carbocycles. The van der Waals surface area contributed by atoms with Crippen LogP contribution >= 0.6 is 11.6 Å². The van der Waals surface area contributed by atoms with Crippen molar-refractivity contribution in [2.75, 3.05) is 5.73 Å². The number of aromatic nitrogens is 2. The lowest BCUT2D eigenvalue weighted by atomic mass is 10.0. The molecule has 1 aromatic carbocycles. The number of nitrogens with zero attached hydrogens (tertiary/aromatic N) is 2. The molecule has 0 atom stereocenters. The van der Waals surface area contributed by atoms with Crippen molar-refractivity contribution in [1.29, 1.82) is 0 Å². The summed E-state index contributed by atoms with van der Waals surface area (Å²) in [5.74, 6) is -1.15. The first-order valence-corrected chi connectivity index (χ1v) is 6.38. The first-order valence-electron chi connectivity index (χ1n) is 6.00. The summed E-state index contributed by atoms with van der Waals surface area (Å²) in [4.78, 5) is 0. The third-order valence-electron chi connectivity index (χ3n) is 3.17. The molecule has 0 amide bonds. The summed E-state index contributed by atoms with van der Waals surface area (Å²) < 4.78 is 33.6. The highest BCUT2D eigenvalue weighted by Crippen LogP contribution is 2.40. The molecule has 0 bridgehead atoms. The van der Waals surface area contributed by atoms with Crippen LogP contribution in [0, 0.1) is 11.6 Å². The van der Waals surface area contributed by atoms with Crippen LogP contribution in [0.15, 0.2) is 34.9 Å². The van der Waals surface area contributed by atoms with E-state index < -0.39 is 11.6 Å². The van der Waals surface area contributed by atoms with Crippen LogP contribution in [0.1, 0.15) is 0 Å². The molecule has 0 spiro atoms. The maximum Gasteiger partial charge on any atom is 0.202 e. The summed E-state index contributed by atoms with van der Waals surface area (Å²) >= 11 is 5.95. The molecule has 2 heterocycles. The third kappa shape index (κ3) is 2.17. The average molecular weight is 310 g/mol. The molecule has 0 fully saturated rings. The Morgan fingerprint density at radius 1 is 1.24 bits per heavy atom. The molecule has 2 N–H and O–H groups in total. The fourth-order valence-corrected chi connectivity index (χ4v) is 2.35. The van der Waals surface area contributed by atoms with Gasteiger partial charge in [0, 0.05) is 18.7 Å². The SMILES string of the molecule is Cn1nc(-c2ccoc2Cl)c(-c2ccc(F)cc2F)c1N. The molecule has 21 heavy (non-hydrogen) atoms. The fourth-order valence-electron chi connectivity index (χ4n) is 2.15. The van der Waals surface area contributed by atoms with Crippen LogP contribution in [0.25, 0.3) is 22.4 Å². The zero-order valence-corrected chi connectivity index (χ0v) is 11.7. The standard InChI is InChI=1S/C14H10ClF2N3O/c1-20-14(18)11(8-3-2-7(16)6-10(8)17)12(19-20)9-4-5-21-13(9)15/h2-6H,18H2,1H3. The van der Waals surface area contributed by atoms with Crippen molar-refractivity contribution in [3.63, 3.8) is 0 Å². The van der Waals surface area contributed by atoms with Crippen LogP contribution in [-0.4, -0.2) is 9.78 Å². The Morgan fingerprint density at radius 3 is 2.62 bits per heavy atom. The molecule has 3 aromatic rings.